The minimum absolute atomic E-state index is 0.0518. The van der Waals surface area contributed by atoms with E-state index in [9.17, 15) is 14.4 Å². The van der Waals surface area contributed by atoms with Gasteiger partial charge in [0, 0.05) is 24.6 Å². The molecule has 0 fully saturated rings. The molecule has 2 atom stereocenters. The lowest BCUT2D eigenvalue weighted by molar-refractivity contribution is -0.123. The Kier molecular flexibility index (Phi) is 11.1. The molecular formula is C13H25N3O4S. The molecule has 2 unspecified atom stereocenters. The molecule has 0 spiro atoms. The maximum atomic E-state index is 11.9. The molecule has 0 saturated carbocycles. The van der Waals surface area contributed by atoms with Crippen LogP contribution >= 0.6 is 11.8 Å². The predicted molar refractivity (Wildman–Crippen MR) is 82.8 cm³/mol. The summed E-state index contributed by atoms with van der Waals surface area (Å²) < 4.78 is 4.90. The number of ether oxygens (including phenoxy) is 1. The molecule has 0 aliphatic heterocycles. The zero-order valence-corrected chi connectivity index (χ0v) is 13.4. The van der Waals surface area contributed by atoms with E-state index in [4.69, 9.17) is 16.2 Å². The van der Waals surface area contributed by atoms with Crippen molar-refractivity contribution >= 4 is 29.7 Å². The van der Waals surface area contributed by atoms with Crippen LogP contribution in [0.15, 0.2) is 0 Å². The Balaban J connectivity index is 4.25. The summed E-state index contributed by atoms with van der Waals surface area (Å²) in [4.78, 5) is 34.2. The van der Waals surface area contributed by atoms with Crippen molar-refractivity contribution in [1.29, 1.82) is 0 Å². The molecule has 0 aromatic carbocycles. The van der Waals surface area contributed by atoms with E-state index in [-0.39, 0.29) is 30.8 Å². The zero-order valence-electron chi connectivity index (χ0n) is 12.5. The summed E-state index contributed by atoms with van der Waals surface area (Å²) >= 11 is 1.22. The van der Waals surface area contributed by atoms with Crippen LogP contribution in [0.5, 0.6) is 0 Å². The molecule has 0 rings (SSSR count). The molecule has 0 aromatic heterocycles. The third-order valence-electron chi connectivity index (χ3n) is 2.68. The molecule has 122 valence electrons. The minimum atomic E-state index is -0.627. The molecule has 8 heteroatoms. The fourth-order valence-corrected chi connectivity index (χ4v) is 2.57. The minimum Gasteiger partial charge on any atom is -0.365 e. The first-order valence-corrected chi connectivity index (χ1v) is 7.89. The Morgan fingerprint density at radius 2 is 2.05 bits per heavy atom. The summed E-state index contributed by atoms with van der Waals surface area (Å²) in [6.45, 7) is 4.28. The van der Waals surface area contributed by atoms with E-state index >= 15 is 0 Å². The number of hydrogen-bond acceptors (Lipinski definition) is 7. The van der Waals surface area contributed by atoms with Crippen LogP contribution in [0.2, 0.25) is 0 Å². The van der Waals surface area contributed by atoms with Gasteiger partial charge in [-0.05, 0) is 0 Å². The van der Waals surface area contributed by atoms with Crippen LogP contribution in [0, 0.1) is 5.92 Å². The smallest absolute Gasteiger partial charge is 0.233 e. The van der Waals surface area contributed by atoms with Crippen LogP contribution in [-0.2, 0) is 19.1 Å². The van der Waals surface area contributed by atoms with E-state index in [1.165, 1.54) is 11.8 Å². The summed E-state index contributed by atoms with van der Waals surface area (Å²) in [6.07, 6.45) is 0.764. The Hall–Kier alpha value is -0.960. The van der Waals surface area contributed by atoms with Crippen molar-refractivity contribution in [1.82, 2.24) is 5.32 Å². The van der Waals surface area contributed by atoms with E-state index in [0.29, 0.717) is 25.2 Å². The van der Waals surface area contributed by atoms with Crippen LogP contribution < -0.4 is 16.8 Å². The molecular weight excluding hydrogens is 294 g/mol. The van der Waals surface area contributed by atoms with Gasteiger partial charge in [-0.25, -0.2) is 0 Å². The summed E-state index contributed by atoms with van der Waals surface area (Å²) in [7, 11) is 0. The molecule has 0 radical (unpaired) electrons. The van der Waals surface area contributed by atoms with Crippen molar-refractivity contribution in [3.63, 3.8) is 0 Å². The number of carbonyl (C=O) groups excluding carboxylic acids is 3. The highest BCUT2D eigenvalue weighted by atomic mass is 32.2. The quantitative estimate of drug-likeness (QED) is 0.246. The van der Waals surface area contributed by atoms with Crippen LogP contribution in [0.25, 0.3) is 0 Å². The number of amides is 1. The van der Waals surface area contributed by atoms with Crippen molar-refractivity contribution in [3.8, 4) is 0 Å². The lowest BCUT2D eigenvalue weighted by atomic mass is 10.0. The number of hydrogen-bond donors (Lipinski definition) is 3. The Morgan fingerprint density at radius 1 is 1.38 bits per heavy atom. The number of aldehydes is 1. The number of nitrogens with one attached hydrogen (secondary N) is 1. The second-order valence-electron chi connectivity index (χ2n) is 4.75. The fraction of sp³-hybridized carbons (Fsp3) is 0.769. The standard InChI is InChI=1S/C13H25N3O4S/c1-9(2)12(18)10(15)7-21-11(3-5-17)13(19)16-4-6-20-8-14/h5,9-11H,3-4,6-8,14-15H2,1-2H3,(H,16,19). The summed E-state index contributed by atoms with van der Waals surface area (Å²) in [6, 6.07) is -0.627. The van der Waals surface area contributed by atoms with Crippen molar-refractivity contribution in [2.45, 2.75) is 31.6 Å². The van der Waals surface area contributed by atoms with E-state index in [1.807, 2.05) is 0 Å². The van der Waals surface area contributed by atoms with Gasteiger partial charge in [-0.2, -0.15) is 0 Å². The molecule has 7 nitrogen and oxygen atoms in total. The summed E-state index contributed by atoms with van der Waals surface area (Å²) in [5.74, 6) is -0.157. The Labute approximate surface area is 129 Å². The van der Waals surface area contributed by atoms with Gasteiger partial charge in [0.1, 0.15) is 6.29 Å². The lowest BCUT2D eigenvalue weighted by Gasteiger charge is -2.17. The van der Waals surface area contributed by atoms with E-state index < -0.39 is 11.3 Å². The average Bonchev–Trinajstić information content (AvgIpc) is 2.46. The number of ketones is 1. The van der Waals surface area contributed by atoms with Crippen LogP contribution in [0.4, 0.5) is 0 Å². The van der Waals surface area contributed by atoms with Gasteiger partial charge in [-0.15, -0.1) is 11.8 Å². The molecule has 0 aliphatic rings. The van der Waals surface area contributed by atoms with Gasteiger partial charge in [-0.1, -0.05) is 13.8 Å². The maximum Gasteiger partial charge on any atom is 0.233 e. The van der Waals surface area contributed by atoms with Gasteiger partial charge >= 0.3 is 0 Å². The second-order valence-corrected chi connectivity index (χ2v) is 5.99. The highest BCUT2D eigenvalue weighted by Gasteiger charge is 2.23. The third-order valence-corrected chi connectivity index (χ3v) is 4.04. The maximum absolute atomic E-state index is 11.9. The number of Topliss-reactive ketones (excluding diaryl/α,β-unsaturated/α-hetero) is 1. The molecule has 5 N–H and O–H groups in total. The van der Waals surface area contributed by atoms with Crippen LogP contribution in [-0.4, -0.2) is 54.9 Å². The van der Waals surface area contributed by atoms with Crippen molar-refractivity contribution in [2.75, 3.05) is 25.6 Å². The van der Waals surface area contributed by atoms with Crippen molar-refractivity contribution in [2.24, 2.45) is 17.4 Å². The van der Waals surface area contributed by atoms with Gasteiger partial charge in [0.05, 0.1) is 24.6 Å². The van der Waals surface area contributed by atoms with Gasteiger partial charge in [-0.3, -0.25) is 9.59 Å². The lowest BCUT2D eigenvalue weighted by Crippen LogP contribution is -2.39. The van der Waals surface area contributed by atoms with E-state index in [2.05, 4.69) is 5.32 Å². The molecule has 0 aliphatic carbocycles. The highest BCUT2D eigenvalue weighted by Crippen LogP contribution is 2.16. The van der Waals surface area contributed by atoms with Crippen molar-refractivity contribution < 1.29 is 19.1 Å². The van der Waals surface area contributed by atoms with E-state index in [0.717, 1.165) is 0 Å². The first-order chi connectivity index (χ1) is 9.93. The van der Waals surface area contributed by atoms with Crippen LogP contribution in [0.1, 0.15) is 20.3 Å². The molecule has 0 saturated heterocycles. The van der Waals surface area contributed by atoms with E-state index in [1.54, 1.807) is 13.8 Å². The molecule has 1 amide bonds. The number of thioether (sulfide) groups is 1. The third kappa shape index (κ3) is 8.82. The average molecular weight is 319 g/mol. The monoisotopic (exact) mass is 319 g/mol. The first kappa shape index (κ1) is 20.0. The largest absolute Gasteiger partial charge is 0.365 e. The molecule has 21 heavy (non-hydrogen) atoms. The van der Waals surface area contributed by atoms with Gasteiger partial charge < -0.3 is 26.3 Å². The molecule has 0 heterocycles. The fourth-order valence-electron chi connectivity index (χ4n) is 1.51. The SMILES string of the molecule is CC(C)C(=O)C(N)CSC(CC=O)C(=O)NCCOCN. The summed E-state index contributed by atoms with van der Waals surface area (Å²) in [5.41, 5.74) is 10.9. The summed E-state index contributed by atoms with van der Waals surface area (Å²) in [5, 5.41) is 2.10. The van der Waals surface area contributed by atoms with Gasteiger partial charge in [0.15, 0.2) is 5.78 Å². The number of nitrogens with two attached hydrogens (primary N) is 2. The normalized spacial score (nSPS) is 13.8. The number of rotatable bonds is 12. The number of carbonyl (C=O) groups is 3. The second kappa shape index (κ2) is 11.7. The Morgan fingerprint density at radius 3 is 2.57 bits per heavy atom. The van der Waals surface area contributed by atoms with Gasteiger partial charge in [0.25, 0.3) is 0 Å². The van der Waals surface area contributed by atoms with Gasteiger partial charge in [0.2, 0.25) is 5.91 Å². The molecule has 0 aromatic rings. The zero-order chi connectivity index (χ0) is 16.3. The molecule has 0 bridgehead atoms. The predicted octanol–water partition coefficient (Wildman–Crippen LogP) is -0.721. The first-order valence-electron chi connectivity index (χ1n) is 6.84. The highest BCUT2D eigenvalue weighted by molar-refractivity contribution is 8.00. The van der Waals surface area contributed by atoms with Crippen molar-refractivity contribution in [3.05, 3.63) is 0 Å². The Bertz CT molecular complexity index is 339. The van der Waals surface area contributed by atoms with Crippen LogP contribution in [0.3, 0.4) is 0 Å². The topological polar surface area (TPSA) is 125 Å².